The zero-order valence-corrected chi connectivity index (χ0v) is 10.0. The molecule has 0 saturated heterocycles. The predicted molar refractivity (Wildman–Crippen MR) is 67.3 cm³/mol. The zero-order valence-electron chi connectivity index (χ0n) is 10.0. The van der Waals surface area contributed by atoms with Gasteiger partial charge in [0, 0.05) is 17.2 Å². The third-order valence-corrected chi connectivity index (χ3v) is 3.88. The summed E-state index contributed by atoms with van der Waals surface area (Å²) in [5.74, 6) is 1.39. The van der Waals surface area contributed by atoms with Crippen molar-refractivity contribution in [2.75, 3.05) is 0 Å². The Labute approximate surface area is 97.6 Å². The molecule has 1 aliphatic heterocycles. The summed E-state index contributed by atoms with van der Waals surface area (Å²) < 4.78 is 0. The molecular formula is C15H18N. The Bertz CT molecular complexity index is 443. The second kappa shape index (κ2) is 3.65. The first kappa shape index (κ1) is 9.95. The summed E-state index contributed by atoms with van der Waals surface area (Å²) in [7, 11) is 0. The molecule has 1 atom stereocenters. The molecule has 1 radical (unpaired) electrons. The van der Waals surface area contributed by atoms with Crippen LogP contribution in [0.4, 0.5) is 5.69 Å². The lowest BCUT2D eigenvalue weighted by atomic mass is 9.80. The van der Waals surface area contributed by atoms with E-state index in [2.05, 4.69) is 38.1 Å². The van der Waals surface area contributed by atoms with Crippen molar-refractivity contribution in [1.82, 2.24) is 5.32 Å². The first-order valence-electron chi connectivity index (χ1n) is 6.31. The second-order valence-electron chi connectivity index (χ2n) is 5.24. The average molecular weight is 212 g/mol. The van der Waals surface area contributed by atoms with Gasteiger partial charge in [0.15, 0.2) is 0 Å². The van der Waals surface area contributed by atoms with E-state index in [-0.39, 0.29) is 0 Å². The third kappa shape index (κ3) is 1.38. The Balaban J connectivity index is 2.05. The average Bonchev–Trinajstić information content (AvgIpc) is 2.67. The van der Waals surface area contributed by atoms with Gasteiger partial charge >= 0.3 is 0 Å². The number of hydrogen-bond acceptors (Lipinski definition) is 0. The highest BCUT2D eigenvalue weighted by Crippen LogP contribution is 2.46. The van der Waals surface area contributed by atoms with Crippen LogP contribution in [0.2, 0.25) is 0 Å². The molecule has 3 rings (SSSR count). The fourth-order valence-electron chi connectivity index (χ4n) is 3.02. The van der Waals surface area contributed by atoms with Gasteiger partial charge in [-0.1, -0.05) is 32.0 Å². The molecule has 1 aliphatic carbocycles. The second-order valence-corrected chi connectivity index (χ2v) is 5.24. The van der Waals surface area contributed by atoms with E-state index in [1.54, 1.807) is 0 Å². The predicted octanol–water partition coefficient (Wildman–Crippen LogP) is 4.10. The van der Waals surface area contributed by atoms with Crippen molar-refractivity contribution in [3.05, 3.63) is 35.5 Å². The lowest BCUT2D eigenvalue weighted by molar-refractivity contribution is 0.384. The normalized spacial score (nSPS) is 23.1. The van der Waals surface area contributed by atoms with Crippen LogP contribution in [0, 0.1) is 11.8 Å². The van der Waals surface area contributed by atoms with Gasteiger partial charge in [-0.15, -0.1) is 0 Å². The highest BCUT2D eigenvalue weighted by atomic mass is 14.9. The van der Waals surface area contributed by atoms with Gasteiger partial charge < -0.3 is 0 Å². The molecule has 0 amide bonds. The minimum Gasteiger partial charge on any atom is -0.252 e. The number of fused-ring (bicyclic) bond motifs is 2. The van der Waals surface area contributed by atoms with Gasteiger partial charge in [0.1, 0.15) is 0 Å². The molecule has 1 unspecified atom stereocenters. The van der Waals surface area contributed by atoms with Crippen molar-refractivity contribution < 1.29 is 0 Å². The molecule has 0 aromatic heterocycles. The molecule has 0 fully saturated rings. The van der Waals surface area contributed by atoms with Crippen LogP contribution in [-0.4, -0.2) is 0 Å². The van der Waals surface area contributed by atoms with Crippen molar-refractivity contribution in [2.45, 2.75) is 33.1 Å². The Morgan fingerprint density at radius 2 is 2.06 bits per heavy atom. The Morgan fingerprint density at radius 3 is 2.88 bits per heavy atom. The Kier molecular flexibility index (Phi) is 2.27. The van der Waals surface area contributed by atoms with Crippen molar-refractivity contribution in [3.8, 4) is 0 Å². The topological polar surface area (TPSA) is 14.1 Å². The fourth-order valence-corrected chi connectivity index (χ4v) is 3.02. The van der Waals surface area contributed by atoms with Crippen LogP contribution in [0.25, 0.3) is 5.57 Å². The molecule has 0 bridgehead atoms. The van der Waals surface area contributed by atoms with Gasteiger partial charge in [-0.25, -0.2) is 0 Å². The minimum atomic E-state index is 0.677. The molecule has 0 saturated carbocycles. The molecule has 1 heteroatoms. The van der Waals surface area contributed by atoms with Crippen molar-refractivity contribution in [1.29, 1.82) is 0 Å². The van der Waals surface area contributed by atoms with Crippen LogP contribution in [0.15, 0.2) is 30.0 Å². The standard InChI is InChI=1S/C15H18N/c1-10(2)11-7-5-8-13-12-6-3-4-9-14(12)16-15(11)13/h3-4,6,9-11H,5,7-8H2,1-2H3. The van der Waals surface area contributed by atoms with Gasteiger partial charge in [0.05, 0.1) is 5.69 Å². The van der Waals surface area contributed by atoms with E-state index in [1.807, 2.05) is 0 Å². The molecule has 2 aliphatic rings. The highest BCUT2D eigenvalue weighted by molar-refractivity contribution is 5.82. The maximum Gasteiger partial charge on any atom is 0.0708 e. The lowest BCUT2D eigenvalue weighted by Crippen LogP contribution is -2.18. The molecule has 1 heterocycles. The molecule has 1 aromatic carbocycles. The zero-order chi connectivity index (χ0) is 11.1. The number of benzene rings is 1. The fraction of sp³-hybridized carbons (Fsp3) is 0.467. The van der Waals surface area contributed by atoms with Crippen LogP contribution < -0.4 is 5.32 Å². The van der Waals surface area contributed by atoms with Crippen molar-refractivity contribution >= 4 is 11.3 Å². The molecule has 1 nitrogen and oxygen atoms in total. The van der Waals surface area contributed by atoms with Crippen molar-refractivity contribution in [2.24, 2.45) is 11.8 Å². The monoisotopic (exact) mass is 212 g/mol. The highest BCUT2D eigenvalue weighted by Gasteiger charge is 2.32. The Hall–Kier alpha value is -1.24. The number of nitrogens with zero attached hydrogens (tertiary/aromatic N) is 1. The van der Waals surface area contributed by atoms with E-state index in [9.17, 15) is 0 Å². The largest absolute Gasteiger partial charge is 0.252 e. The maximum absolute atomic E-state index is 4.86. The van der Waals surface area contributed by atoms with E-state index >= 15 is 0 Å². The van der Waals surface area contributed by atoms with E-state index in [1.165, 1.54) is 41.8 Å². The Morgan fingerprint density at radius 1 is 1.25 bits per heavy atom. The molecular weight excluding hydrogens is 194 g/mol. The van der Waals surface area contributed by atoms with Crippen LogP contribution in [0.3, 0.4) is 0 Å². The van der Waals surface area contributed by atoms with Crippen LogP contribution >= 0.6 is 0 Å². The van der Waals surface area contributed by atoms with Gasteiger partial charge in [-0.3, -0.25) is 5.32 Å². The van der Waals surface area contributed by atoms with Gasteiger partial charge in [-0.05, 0) is 36.8 Å². The summed E-state index contributed by atoms with van der Waals surface area (Å²) in [6, 6.07) is 8.59. The van der Waals surface area contributed by atoms with E-state index in [0.29, 0.717) is 11.8 Å². The molecule has 0 spiro atoms. The molecule has 0 N–H and O–H groups in total. The van der Waals surface area contributed by atoms with E-state index in [0.717, 1.165) is 0 Å². The summed E-state index contributed by atoms with van der Waals surface area (Å²) in [5.41, 5.74) is 5.51. The summed E-state index contributed by atoms with van der Waals surface area (Å²) in [6.07, 6.45) is 3.86. The maximum atomic E-state index is 4.86. The first-order valence-corrected chi connectivity index (χ1v) is 6.31. The van der Waals surface area contributed by atoms with Gasteiger partial charge in [-0.2, -0.15) is 0 Å². The number of rotatable bonds is 1. The number of hydrogen-bond donors (Lipinski definition) is 0. The quantitative estimate of drug-likeness (QED) is 0.665. The van der Waals surface area contributed by atoms with Gasteiger partial charge in [0.25, 0.3) is 0 Å². The van der Waals surface area contributed by atoms with E-state index in [4.69, 9.17) is 5.32 Å². The smallest absolute Gasteiger partial charge is 0.0708 e. The summed E-state index contributed by atoms with van der Waals surface area (Å²) in [5, 5.41) is 4.86. The molecule has 1 aromatic rings. The van der Waals surface area contributed by atoms with Crippen LogP contribution in [-0.2, 0) is 0 Å². The van der Waals surface area contributed by atoms with Crippen molar-refractivity contribution in [3.63, 3.8) is 0 Å². The number of para-hydroxylation sites is 1. The first-order chi connectivity index (χ1) is 7.77. The van der Waals surface area contributed by atoms with Gasteiger partial charge in [0.2, 0.25) is 0 Å². The summed E-state index contributed by atoms with van der Waals surface area (Å²) >= 11 is 0. The molecule has 83 valence electrons. The summed E-state index contributed by atoms with van der Waals surface area (Å²) in [4.78, 5) is 0. The van der Waals surface area contributed by atoms with E-state index < -0.39 is 0 Å². The lowest BCUT2D eigenvalue weighted by Gasteiger charge is -2.26. The molecule has 16 heavy (non-hydrogen) atoms. The minimum absolute atomic E-state index is 0.677. The summed E-state index contributed by atoms with van der Waals surface area (Å²) in [6.45, 7) is 4.64. The SMILES string of the molecule is CC(C)C1CCCC2=C1[N]c1ccccc12. The van der Waals surface area contributed by atoms with Crippen LogP contribution in [0.1, 0.15) is 38.7 Å². The van der Waals surface area contributed by atoms with Crippen LogP contribution in [0.5, 0.6) is 0 Å². The third-order valence-electron chi connectivity index (χ3n) is 3.88. The number of allylic oxidation sites excluding steroid dienone is 2.